The van der Waals surface area contributed by atoms with Crippen LogP contribution in [0.2, 0.25) is 0 Å². The van der Waals surface area contributed by atoms with Gasteiger partial charge in [-0.1, -0.05) is 13.8 Å². The number of nitrogens with zero attached hydrogens (tertiary/aromatic N) is 1. The van der Waals surface area contributed by atoms with Gasteiger partial charge in [-0.25, -0.2) is 4.79 Å². The van der Waals surface area contributed by atoms with Crippen LogP contribution in [-0.2, 0) is 9.53 Å². The van der Waals surface area contributed by atoms with Gasteiger partial charge in [0.05, 0.1) is 6.61 Å². The van der Waals surface area contributed by atoms with E-state index >= 15 is 0 Å². The van der Waals surface area contributed by atoms with Gasteiger partial charge in [0.15, 0.2) is 0 Å². The third kappa shape index (κ3) is 3.95. The molecule has 4 heteroatoms. The molecule has 0 aromatic heterocycles. The molecule has 2 rings (SSSR count). The fourth-order valence-electron chi connectivity index (χ4n) is 2.81. The Morgan fingerprint density at radius 1 is 1.35 bits per heavy atom. The van der Waals surface area contributed by atoms with Gasteiger partial charge >= 0.3 is 5.97 Å². The number of esters is 1. The molecule has 1 unspecified atom stereocenters. The summed E-state index contributed by atoms with van der Waals surface area (Å²) >= 11 is 0. The maximum Gasteiger partial charge on any atom is 0.327 e. The van der Waals surface area contributed by atoms with E-state index in [9.17, 15) is 4.79 Å². The van der Waals surface area contributed by atoms with Crippen LogP contribution in [0.15, 0.2) is 0 Å². The lowest BCUT2D eigenvalue weighted by molar-refractivity contribution is -0.151. The minimum absolute atomic E-state index is 0.197. The number of rotatable bonds is 9. The maximum atomic E-state index is 12.3. The van der Waals surface area contributed by atoms with Gasteiger partial charge in [-0.05, 0) is 57.4 Å². The smallest absolute Gasteiger partial charge is 0.327 e. The van der Waals surface area contributed by atoms with E-state index < -0.39 is 5.54 Å². The molecule has 4 nitrogen and oxygen atoms in total. The molecule has 0 spiro atoms. The normalized spacial score (nSPS) is 22.1. The lowest BCUT2D eigenvalue weighted by atomic mass is 9.93. The van der Waals surface area contributed by atoms with Crippen LogP contribution in [-0.4, -0.2) is 42.1 Å². The van der Waals surface area contributed by atoms with Crippen LogP contribution in [0.25, 0.3) is 0 Å². The highest BCUT2D eigenvalue weighted by atomic mass is 16.5. The Morgan fingerprint density at radius 3 is 2.45 bits per heavy atom. The van der Waals surface area contributed by atoms with Gasteiger partial charge in [-0.2, -0.15) is 0 Å². The van der Waals surface area contributed by atoms with E-state index in [4.69, 9.17) is 10.5 Å². The fraction of sp³-hybridized carbons (Fsp3) is 0.938. The van der Waals surface area contributed by atoms with Crippen molar-refractivity contribution in [2.24, 2.45) is 17.6 Å². The maximum absolute atomic E-state index is 12.3. The second-order valence-electron chi connectivity index (χ2n) is 6.92. The molecule has 1 atom stereocenters. The van der Waals surface area contributed by atoms with Gasteiger partial charge in [-0.15, -0.1) is 0 Å². The molecule has 2 fully saturated rings. The molecule has 2 aliphatic carbocycles. The van der Waals surface area contributed by atoms with Crippen molar-refractivity contribution in [1.82, 2.24) is 4.90 Å². The molecule has 0 heterocycles. The largest absolute Gasteiger partial charge is 0.465 e. The van der Waals surface area contributed by atoms with Crippen molar-refractivity contribution < 1.29 is 9.53 Å². The Kier molecular flexibility index (Phi) is 5.08. The first-order valence-corrected chi connectivity index (χ1v) is 8.17. The molecule has 0 saturated heterocycles. The zero-order valence-electron chi connectivity index (χ0n) is 13.2. The van der Waals surface area contributed by atoms with Gasteiger partial charge in [0.1, 0.15) is 5.54 Å². The van der Waals surface area contributed by atoms with E-state index in [1.54, 1.807) is 0 Å². The summed E-state index contributed by atoms with van der Waals surface area (Å²) in [7, 11) is 0. The molecular weight excluding hydrogens is 252 g/mol. The number of carbonyl (C=O) groups excluding carboxylic acids is 1. The monoisotopic (exact) mass is 282 g/mol. The summed E-state index contributed by atoms with van der Waals surface area (Å²) in [5, 5.41) is 0. The third-order valence-electron chi connectivity index (χ3n) is 4.48. The summed E-state index contributed by atoms with van der Waals surface area (Å²) in [6, 6.07) is 0.643. The van der Waals surface area contributed by atoms with Crippen molar-refractivity contribution in [1.29, 1.82) is 0 Å². The van der Waals surface area contributed by atoms with Gasteiger partial charge in [-0.3, -0.25) is 4.90 Å². The first-order valence-electron chi connectivity index (χ1n) is 8.17. The molecule has 0 aliphatic heterocycles. The Balaban J connectivity index is 1.99. The van der Waals surface area contributed by atoms with E-state index in [1.807, 2.05) is 6.92 Å². The second kappa shape index (κ2) is 6.44. The average Bonchev–Trinajstić information content (AvgIpc) is 3.26. The van der Waals surface area contributed by atoms with Crippen molar-refractivity contribution in [2.45, 2.75) is 64.5 Å². The highest BCUT2D eigenvalue weighted by molar-refractivity contribution is 5.82. The van der Waals surface area contributed by atoms with Crippen LogP contribution in [0, 0.1) is 11.8 Å². The predicted octanol–water partition coefficient (Wildman–Crippen LogP) is 2.17. The molecule has 2 N–H and O–H groups in total. The highest BCUT2D eigenvalue weighted by Crippen LogP contribution is 2.41. The molecule has 20 heavy (non-hydrogen) atoms. The molecule has 0 bridgehead atoms. The number of hydrogen-bond donors (Lipinski definition) is 1. The SMILES string of the molecule is CCOC(=O)C(N)(CN(CCC(C)C)C1CC1)C1CC1. The number of hydrogen-bond acceptors (Lipinski definition) is 4. The summed E-state index contributed by atoms with van der Waals surface area (Å²) in [6.45, 7) is 8.48. The lowest BCUT2D eigenvalue weighted by Gasteiger charge is -2.34. The molecule has 0 aromatic carbocycles. The Morgan fingerprint density at radius 2 is 2.00 bits per heavy atom. The topological polar surface area (TPSA) is 55.6 Å². The van der Waals surface area contributed by atoms with Crippen molar-refractivity contribution in [3.63, 3.8) is 0 Å². The molecule has 116 valence electrons. The molecule has 0 amide bonds. The summed E-state index contributed by atoms with van der Waals surface area (Å²) in [4.78, 5) is 14.7. The second-order valence-corrected chi connectivity index (χ2v) is 6.92. The summed E-state index contributed by atoms with van der Waals surface area (Å²) in [5.41, 5.74) is 5.71. The summed E-state index contributed by atoms with van der Waals surface area (Å²) < 4.78 is 5.24. The van der Waals surface area contributed by atoms with Crippen molar-refractivity contribution in [3.05, 3.63) is 0 Å². The zero-order chi connectivity index (χ0) is 14.8. The fourth-order valence-corrected chi connectivity index (χ4v) is 2.81. The number of ether oxygens (including phenoxy) is 1. The molecule has 2 saturated carbocycles. The highest BCUT2D eigenvalue weighted by Gasteiger charge is 2.51. The number of nitrogens with two attached hydrogens (primary N) is 1. The van der Waals surface area contributed by atoms with E-state index in [0.717, 1.165) is 19.4 Å². The zero-order valence-corrected chi connectivity index (χ0v) is 13.2. The predicted molar refractivity (Wildman–Crippen MR) is 80.3 cm³/mol. The van der Waals surface area contributed by atoms with Gasteiger partial charge in [0.2, 0.25) is 0 Å². The van der Waals surface area contributed by atoms with Crippen LogP contribution in [0.1, 0.15) is 52.9 Å². The van der Waals surface area contributed by atoms with Crippen molar-refractivity contribution >= 4 is 5.97 Å². The van der Waals surface area contributed by atoms with Crippen LogP contribution < -0.4 is 5.73 Å². The molecule has 0 aromatic rings. The Hall–Kier alpha value is -0.610. The lowest BCUT2D eigenvalue weighted by Crippen LogP contribution is -2.59. The third-order valence-corrected chi connectivity index (χ3v) is 4.48. The van der Waals surface area contributed by atoms with Crippen LogP contribution in [0.4, 0.5) is 0 Å². The molecule has 2 aliphatic rings. The Labute approximate surface area is 123 Å². The van der Waals surface area contributed by atoms with Gasteiger partial charge < -0.3 is 10.5 Å². The summed E-state index contributed by atoms with van der Waals surface area (Å²) in [6.07, 6.45) is 5.80. The van der Waals surface area contributed by atoms with Crippen LogP contribution in [0.5, 0.6) is 0 Å². The van der Waals surface area contributed by atoms with E-state index in [0.29, 0.717) is 31.0 Å². The standard InChI is InChI=1S/C16H30N2O2/c1-4-20-15(19)16(17,13-5-6-13)11-18(14-7-8-14)10-9-12(2)3/h12-14H,4-11,17H2,1-3H3. The first kappa shape index (κ1) is 15.8. The van der Waals surface area contributed by atoms with Crippen molar-refractivity contribution in [3.8, 4) is 0 Å². The van der Waals surface area contributed by atoms with Gasteiger partial charge in [0, 0.05) is 12.6 Å². The number of carbonyl (C=O) groups is 1. The van der Waals surface area contributed by atoms with E-state index in [-0.39, 0.29) is 5.97 Å². The van der Waals surface area contributed by atoms with E-state index in [2.05, 4.69) is 18.7 Å². The quantitative estimate of drug-likeness (QED) is 0.659. The average molecular weight is 282 g/mol. The minimum atomic E-state index is -0.782. The van der Waals surface area contributed by atoms with E-state index in [1.165, 1.54) is 19.3 Å². The Bertz CT molecular complexity index is 337. The van der Waals surface area contributed by atoms with Crippen molar-refractivity contribution in [2.75, 3.05) is 19.7 Å². The molecule has 0 radical (unpaired) electrons. The van der Waals surface area contributed by atoms with Crippen LogP contribution >= 0.6 is 0 Å². The first-order chi connectivity index (χ1) is 9.47. The molecular formula is C16H30N2O2. The van der Waals surface area contributed by atoms with Crippen LogP contribution in [0.3, 0.4) is 0 Å². The summed E-state index contributed by atoms with van der Waals surface area (Å²) in [5.74, 6) is 0.812. The minimum Gasteiger partial charge on any atom is -0.465 e. The van der Waals surface area contributed by atoms with Gasteiger partial charge in [0.25, 0.3) is 0 Å².